The lowest BCUT2D eigenvalue weighted by Gasteiger charge is -2.10. The minimum absolute atomic E-state index is 0.0840. The number of amides is 1. The molecule has 0 saturated carbocycles. The Morgan fingerprint density at radius 2 is 1.97 bits per heavy atom. The van der Waals surface area contributed by atoms with Gasteiger partial charge in [0.2, 0.25) is 5.91 Å². The van der Waals surface area contributed by atoms with Gasteiger partial charge >= 0.3 is 0 Å². The second-order valence-electron chi connectivity index (χ2n) is 6.79. The van der Waals surface area contributed by atoms with E-state index in [-0.39, 0.29) is 11.5 Å². The zero-order chi connectivity index (χ0) is 20.6. The number of anilines is 1. The van der Waals surface area contributed by atoms with E-state index in [9.17, 15) is 9.59 Å². The number of benzene rings is 2. The average Bonchev–Trinajstić information content (AvgIpc) is 2.72. The quantitative estimate of drug-likeness (QED) is 0.566. The van der Waals surface area contributed by atoms with Crippen LogP contribution in [0.1, 0.15) is 31.0 Å². The van der Waals surface area contributed by atoms with Crippen LogP contribution in [0, 0.1) is 6.92 Å². The van der Waals surface area contributed by atoms with Gasteiger partial charge in [-0.25, -0.2) is 4.98 Å². The summed E-state index contributed by atoms with van der Waals surface area (Å²) in [5, 5.41) is 2.89. The van der Waals surface area contributed by atoms with Crippen LogP contribution in [0.5, 0.6) is 5.75 Å². The third-order valence-electron chi connectivity index (χ3n) is 4.48. The van der Waals surface area contributed by atoms with Crippen LogP contribution in [0.15, 0.2) is 59.4 Å². The highest BCUT2D eigenvalue weighted by Gasteiger charge is 2.07. The van der Waals surface area contributed by atoms with Gasteiger partial charge in [-0.15, -0.1) is 0 Å². The summed E-state index contributed by atoms with van der Waals surface area (Å²) in [6.07, 6.45) is 1.65. The second kappa shape index (κ2) is 9.68. The topological polar surface area (TPSA) is 84.1 Å². The van der Waals surface area contributed by atoms with Gasteiger partial charge in [0, 0.05) is 29.4 Å². The Hall–Kier alpha value is -3.41. The Balaban J connectivity index is 1.56. The molecule has 0 fully saturated rings. The summed E-state index contributed by atoms with van der Waals surface area (Å²) in [5.74, 6) is 1.26. The largest absolute Gasteiger partial charge is 0.493 e. The zero-order valence-corrected chi connectivity index (χ0v) is 16.7. The standard InChI is InChI=1S/C23H25N3O3/c1-3-18-15-22(28)26-23(25-18)17-9-6-10-19(14-17)24-21(27)12-7-13-29-20-11-5-4-8-16(20)2/h4-6,8-11,14-15H,3,7,12-13H2,1-2H3,(H,24,27)(H,25,26,28). The molecular formula is C23H25N3O3. The van der Waals surface area contributed by atoms with E-state index in [4.69, 9.17) is 4.74 Å². The number of aromatic amines is 1. The minimum Gasteiger partial charge on any atom is -0.493 e. The number of hydrogen-bond acceptors (Lipinski definition) is 4. The average molecular weight is 391 g/mol. The highest BCUT2D eigenvalue weighted by atomic mass is 16.5. The van der Waals surface area contributed by atoms with E-state index in [2.05, 4.69) is 15.3 Å². The fraction of sp³-hybridized carbons (Fsp3) is 0.261. The van der Waals surface area contributed by atoms with Crippen molar-refractivity contribution >= 4 is 11.6 Å². The molecule has 0 bridgehead atoms. The predicted octanol–water partition coefficient (Wildman–Crippen LogP) is 4.11. The number of aromatic nitrogens is 2. The molecule has 2 aromatic carbocycles. The van der Waals surface area contributed by atoms with Crippen LogP contribution < -0.4 is 15.6 Å². The summed E-state index contributed by atoms with van der Waals surface area (Å²) >= 11 is 0. The molecule has 6 heteroatoms. The van der Waals surface area contributed by atoms with E-state index in [0.29, 0.717) is 37.4 Å². The number of nitrogens with zero attached hydrogens (tertiary/aromatic N) is 1. The number of hydrogen-bond donors (Lipinski definition) is 2. The van der Waals surface area contributed by atoms with Crippen LogP contribution in [-0.4, -0.2) is 22.5 Å². The molecule has 0 radical (unpaired) electrons. The molecule has 0 spiro atoms. The van der Waals surface area contributed by atoms with Gasteiger partial charge in [0.15, 0.2) is 0 Å². The molecule has 29 heavy (non-hydrogen) atoms. The summed E-state index contributed by atoms with van der Waals surface area (Å²) in [6.45, 7) is 4.42. The Morgan fingerprint density at radius 1 is 1.14 bits per heavy atom. The monoisotopic (exact) mass is 391 g/mol. The molecule has 0 aliphatic carbocycles. The first kappa shape index (κ1) is 20.3. The second-order valence-corrected chi connectivity index (χ2v) is 6.79. The van der Waals surface area contributed by atoms with Crippen molar-refractivity contribution in [2.45, 2.75) is 33.1 Å². The maximum atomic E-state index is 12.3. The Labute approximate surface area is 170 Å². The highest BCUT2D eigenvalue weighted by Crippen LogP contribution is 2.20. The Bertz CT molecular complexity index is 1040. The first-order valence-corrected chi connectivity index (χ1v) is 9.74. The van der Waals surface area contributed by atoms with Crippen LogP contribution in [0.4, 0.5) is 5.69 Å². The summed E-state index contributed by atoms with van der Waals surface area (Å²) in [7, 11) is 0. The number of aryl methyl sites for hydroxylation is 2. The SMILES string of the molecule is CCc1cc(=O)[nH]c(-c2cccc(NC(=O)CCCOc3ccccc3C)c2)n1. The summed E-state index contributed by atoms with van der Waals surface area (Å²) in [4.78, 5) is 31.3. The lowest BCUT2D eigenvalue weighted by Crippen LogP contribution is -2.13. The lowest BCUT2D eigenvalue weighted by atomic mass is 10.1. The number of H-pyrrole nitrogens is 1. The van der Waals surface area contributed by atoms with Crippen molar-refractivity contribution in [1.82, 2.24) is 9.97 Å². The van der Waals surface area contributed by atoms with Crippen LogP contribution in [0.25, 0.3) is 11.4 Å². The van der Waals surface area contributed by atoms with Crippen molar-refractivity contribution < 1.29 is 9.53 Å². The van der Waals surface area contributed by atoms with Crippen molar-refractivity contribution in [2.75, 3.05) is 11.9 Å². The first-order chi connectivity index (χ1) is 14.0. The van der Waals surface area contributed by atoms with Crippen LogP contribution in [0.2, 0.25) is 0 Å². The maximum absolute atomic E-state index is 12.3. The molecule has 0 atom stereocenters. The van der Waals surface area contributed by atoms with Gasteiger partial charge in [0.1, 0.15) is 11.6 Å². The molecule has 3 aromatic rings. The summed E-state index contributed by atoms with van der Waals surface area (Å²) < 4.78 is 5.73. The number of carbonyl (C=O) groups is 1. The molecule has 2 N–H and O–H groups in total. The fourth-order valence-corrected chi connectivity index (χ4v) is 2.93. The van der Waals surface area contributed by atoms with Crippen molar-refractivity contribution in [3.05, 3.63) is 76.2 Å². The molecule has 0 aliphatic rings. The number of carbonyl (C=O) groups excluding carboxylic acids is 1. The number of rotatable bonds is 8. The predicted molar refractivity (Wildman–Crippen MR) is 114 cm³/mol. The van der Waals surface area contributed by atoms with E-state index in [1.807, 2.05) is 56.3 Å². The third-order valence-corrected chi connectivity index (χ3v) is 4.48. The van der Waals surface area contributed by atoms with Crippen LogP contribution >= 0.6 is 0 Å². The highest BCUT2D eigenvalue weighted by molar-refractivity contribution is 5.91. The number of nitrogens with one attached hydrogen (secondary N) is 2. The zero-order valence-electron chi connectivity index (χ0n) is 16.7. The maximum Gasteiger partial charge on any atom is 0.251 e. The molecule has 1 amide bonds. The molecule has 0 unspecified atom stereocenters. The van der Waals surface area contributed by atoms with E-state index in [1.165, 1.54) is 6.07 Å². The van der Waals surface area contributed by atoms with Gasteiger partial charge in [0.05, 0.1) is 6.61 Å². The molecule has 150 valence electrons. The number of ether oxygens (including phenoxy) is 1. The normalized spacial score (nSPS) is 10.6. The van der Waals surface area contributed by atoms with Crippen LogP contribution in [-0.2, 0) is 11.2 Å². The molecular weight excluding hydrogens is 366 g/mol. The van der Waals surface area contributed by atoms with Crippen LogP contribution in [0.3, 0.4) is 0 Å². The van der Waals surface area contributed by atoms with Crippen molar-refractivity contribution in [3.63, 3.8) is 0 Å². The molecule has 1 heterocycles. The Morgan fingerprint density at radius 3 is 2.76 bits per heavy atom. The van der Waals surface area contributed by atoms with Gasteiger partial charge in [0.25, 0.3) is 5.56 Å². The van der Waals surface area contributed by atoms with Gasteiger partial charge in [-0.1, -0.05) is 37.3 Å². The number of para-hydroxylation sites is 1. The van der Waals surface area contributed by atoms with E-state index in [1.54, 1.807) is 6.07 Å². The van der Waals surface area contributed by atoms with Crippen molar-refractivity contribution in [2.24, 2.45) is 0 Å². The molecule has 6 nitrogen and oxygen atoms in total. The molecule has 3 rings (SSSR count). The van der Waals surface area contributed by atoms with E-state index >= 15 is 0 Å². The molecule has 0 saturated heterocycles. The third kappa shape index (κ3) is 5.78. The van der Waals surface area contributed by atoms with Gasteiger partial charge in [-0.2, -0.15) is 0 Å². The molecule has 0 aliphatic heterocycles. The minimum atomic E-state index is -0.185. The van der Waals surface area contributed by atoms with Crippen molar-refractivity contribution in [1.29, 1.82) is 0 Å². The van der Waals surface area contributed by atoms with Gasteiger partial charge in [-0.3, -0.25) is 9.59 Å². The van der Waals surface area contributed by atoms with Crippen molar-refractivity contribution in [3.8, 4) is 17.1 Å². The Kier molecular flexibility index (Phi) is 6.79. The lowest BCUT2D eigenvalue weighted by molar-refractivity contribution is -0.116. The van der Waals surface area contributed by atoms with E-state index < -0.39 is 0 Å². The van der Waals surface area contributed by atoms with E-state index in [0.717, 1.165) is 22.6 Å². The van der Waals surface area contributed by atoms with Gasteiger partial charge in [-0.05, 0) is 43.5 Å². The van der Waals surface area contributed by atoms with Gasteiger partial charge < -0.3 is 15.0 Å². The molecule has 1 aromatic heterocycles. The fourth-order valence-electron chi connectivity index (χ4n) is 2.93. The summed E-state index contributed by atoms with van der Waals surface area (Å²) in [6, 6.07) is 16.6. The smallest absolute Gasteiger partial charge is 0.251 e. The summed E-state index contributed by atoms with van der Waals surface area (Å²) in [5.41, 5.74) is 3.03. The first-order valence-electron chi connectivity index (χ1n) is 9.74.